The minimum atomic E-state index is -0.602. The Labute approximate surface area is 185 Å². The van der Waals surface area contributed by atoms with E-state index in [1.54, 1.807) is 12.1 Å². The van der Waals surface area contributed by atoms with Gasteiger partial charge in [0.2, 0.25) is 5.82 Å². The largest absolute Gasteiger partial charge is 0.454 e. The second kappa shape index (κ2) is 9.70. The number of rotatable bonds is 7. The number of nitrogens with one attached hydrogen (secondary N) is 1. The number of ether oxygens (including phenoxy) is 1. The van der Waals surface area contributed by atoms with Crippen LogP contribution < -0.4 is 5.32 Å². The van der Waals surface area contributed by atoms with Crippen molar-refractivity contribution in [2.24, 2.45) is 0 Å². The maximum atomic E-state index is 12.3. The van der Waals surface area contributed by atoms with Crippen molar-refractivity contribution in [1.82, 2.24) is 15.5 Å². The Morgan fingerprint density at radius 1 is 0.875 bits per heavy atom. The lowest BCUT2D eigenvalue weighted by molar-refractivity contribution is -0.144. The molecule has 0 saturated heterocycles. The predicted octanol–water partition coefficient (Wildman–Crippen LogP) is 4.19. The Balaban J connectivity index is 1.25. The minimum Gasteiger partial charge on any atom is -0.454 e. The molecule has 0 aliphatic rings. The summed E-state index contributed by atoms with van der Waals surface area (Å²) in [5, 5.41) is 6.44. The Bertz CT molecular complexity index is 1200. The van der Waals surface area contributed by atoms with Gasteiger partial charge in [-0.3, -0.25) is 9.59 Å². The number of aromatic nitrogens is 2. The highest BCUT2D eigenvalue weighted by molar-refractivity contribution is 5.96. The molecule has 0 saturated carbocycles. The van der Waals surface area contributed by atoms with E-state index in [9.17, 15) is 9.59 Å². The predicted molar refractivity (Wildman–Crippen MR) is 118 cm³/mol. The van der Waals surface area contributed by atoms with Crippen molar-refractivity contribution in [1.29, 1.82) is 0 Å². The van der Waals surface area contributed by atoms with E-state index in [0.29, 0.717) is 11.4 Å². The molecule has 1 N–H and O–H groups in total. The molecular weight excluding hydrogens is 406 g/mol. The molecule has 4 aromatic rings. The molecule has 7 heteroatoms. The van der Waals surface area contributed by atoms with E-state index in [0.717, 1.165) is 22.3 Å². The number of carbonyl (C=O) groups excluding carboxylic acids is 2. The molecule has 1 amide bonds. The molecular formula is C25H21N3O4. The highest BCUT2D eigenvalue weighted by Gasteiger charge is 2.13. The third-order valence-electron chi connectivity index (χ3n) is 4.78. The van der Waals surface area contributed by atoms with Crippen LogP contribution in [0, 0.1) is 6.92 Å². The molecule has 0 aliphatic carbocycles. The van der Waals surface area contributed by atoms with Crippen molar-refractivity contribution in [2.75, 3.05) is 6.54 Å². The van der Waals surface area contributed by atoms with E-state index in [4.69, 9.17) is 9.26 Å². The lowest BCUT2D eigenvalue weighted by atomic mass is 10.0. The molecule has 0 unspecified atom stereocenters. The molecule has 1 heterocycles. The fourth-order valence-corrected chi connectivity index (χ4v) is 3.03. The van der Waals surface area contributed by atoms with Crippen molar-refractivity contribution in [3.05, 3.63) is 95.9 Å². The number of carbonyl (C=O) groups is 2. The van der Waals surface area contributed by atoms with E-state index in [-0.39, 0.29) is 24.9 Å². The van der Waals surface area contributed by atoms with Gasteiger partial charge in [0, 0.05) is 11.1 Å². The van der Waals surface area contributed by atoms with E-state index in [2.05, 4.69) is 15.5 Å². The minimum absolute atomic E-state index is 0.167. The third-order valence-corrected chi connectivity index (χ3v) is 4.78. The Hall–Kier alpha value is -4.26. The standard InChI is InChI=1S/C25H21N3O4/c1-17-7-9-20(10-8-17)24-27-22(32-28-24)16-31-23(29)15-26-25(30)21-13-11-19(12-14-21)18-5-3-2-4-6-18/h2-14H,15-16H2,1H3,(H,26,30). The molecule has 0 bridgehead atoms. The van der Waals surface area contributed by atoms with Crippen LogP contribution in [0.4, 0.5) is 0 Å². The number of aryl methyl sites for hydroxylation is 1. The zero-order chi connectivity index (χ0) is 22.3. The summed E-state index contributed by atoms with van der Waals surface area (Å²) >= 11 is 0. The number of esters is 1. The van der Waals surface area contributed by atoms with Gasteiger partial charge in [-0.15, -0.1) is 0 Å². The van der Waals surface area contributed by atoms with Crippen molar-refractivity contribution in [3.63, 3.8) is 0 Å². The van der Waals surface area contributed by atoms with Crippen molar-refractivity contribution in [3.8, 4) is 22.5 Å². The zero-order valence-corrected chi connectivity index (χ0v) is 17.4. The average molecular weight is 427 g/mol. The Morgan fingerprint density at radius 3 is 2.25 bits per heavy atom. The summed E-state index contributed by atoms with van der Waals surface area (Å²) in [6.45, 7) is 1.56. The number of hydrogen-bond donors (Lipinski definition) is 1. The SMILES string of the molecule is Cc1ccc(-c2noc(COC(=O)CNC(=O)c3ccc(-c4ccccc4)cc3)n2)cc1. The summed E-state index contributed by atoms with van der Waals surface area (Å²) in [6.07, 6.45) is 0. The highest BCUT2D eigenvalue weighted by atomic mass is 16.6. The molecule has 7 nitrogen and oxygen atoms in total. The first kappa shape index (κ1) is 21.0. The Kier molecular flexibility index (Phi) is 6.36. The van der Waals surface area contributed by atoms with Gasteiger partial charge >= 0.3 is 5.97 Å². The van der Waals surface area contributed by atoms with Crippen LogP contribution in [-0.2, 0) is 16.1 Å². The maximum Gasteiger partial charge on any atom is 0.325 e. The summed E-state index contributed by atoms with van der Waals surface area (Å²) in [7, 11) is 0. The average Bonchev–Trinajstić information content (AvgIpc) is 3.31. The number of amides is 1. The first-order valence-corrected chi connectivity index (χ1v) is 10.1. The molecule has 160 valence electrons. The second-order valence-corrected chi connectivity index (χ2v) is 7.16. The summed E-state index contributed by atoms with van der Waals surface area (Å²) in [5.41, 5.74) is 4.46. The van der Waals surface area contributed by atoms with Crippen LogP contribution >= 0.6 is 0 Å². The van der Waals surface area contributed by atoms with Crippen LogP contribution in [0.25, 0.3) is 22.5 Å². The van der Waals surface area contributed by atoms with Gasteiger partial charge in [0.05, 0.1) is 0 Å². The van der Waals surface area contributed by atoms with Gasteiger partial charge in [-0.25, -0.2) is 0 Å². The van der Waals surface area contributed by atoms with E-state index in [1.165, 1.54) is 0 Å². The van der Waals surface area contributed by atoms with Crippen LogP contribution in [-0.4, -0.2) is 28.6 Å². The van der Waals surface area contributed by atoms with Gasteiger partial charge in [0.1, 0.15) is 6.54 Å². The van der Waals surface area contributed by atoms with E-state index >= 15 is 0 Å². The molecule has 32 heavy (non-hydrogen) atoms. The number of nitrogens with zero attached hydrogens (tertiary/aromatic N) is 2. The van der Waals surface area contributed by atoms with E-state index in [1.807, 2.05) is 73.7 Å². The third kappa shape index (κ3) is 5.26. The first-order chi connectivity index (χ1) is 15.6. The fraction of sp³-hybridized carbons (Fsp3) is 0.120. The molecule has 0 radical (unpaired) electrons. The summed E-state index contributed by atoms with van der Waals surface area (Å²) in [4.78, 5) is 28.5. The lowest BCUT2D eigenvalue weighted by Crippen LogP contribution is -2.30. The highest BCUT2D eigenvalue weighted by Crippen LogP contribution is 2.19. The smallest absolute Gasteiger partial charge is 0.325 e. The first-order valence-electron chi connectivity index (χ1n) is 10.1. The molecule has 0 aliphatic heterocycles. The second-order valence-electron chi connectivity index (χ2n) is 7.16. The molecule has 0 fully saturated rings. The van der Waals surface area contributed by atoms with Gasteiger partial charge in [-0.2, -0.15) is 4.98 Å². The lowest BCUT2D eigenvalue weighted by Gasteiger charge is -2.06. The summed E-state index contributed by atoms with van der Waals surface area (Å²) in [6, 6.07) is 24.7. The van der Waals surface area contributed by atoms with Crippen molar-refractivity contribution in [2.45, 2.75) is 13.5 Å². The van der Waals surface area contributed by atoms with Gasteiger partial charge in [-0.1, -0.05) is 77.5 Å². The Morgan fingerprint density at radius 2 is 1.53 bits per heavy atom. The monoisotopic (exact) mass is 427 g/mol. The van der Waals surface area contributed by atoms with Gasteiger partial charge < -0.3 is 14.6 Å². The van der Waals surface area contributed by atoms with Crippen LogP contribution in [0.1, 0.15) is 21.8 Å². The van der Waals surface area contributed by atoms with Gasteiger partial charge in [0.15, 0.2) is 6.61 Å². The van der Waals surface area contributed by atoms with Crippen LogP contribution in [0.5, 0.6) is 0 Å². The van der Waals surface area contributed by atoms with Crippen LogP contribution in [0.2, 0.25) is 0 Å². The maximum absolute atomic E-state index is 12.3. The van der Waals surface area contributed by atoms with Gasteiger partial charge in [-0.05, 0) is 30.2 Å². The zero-order valence-electron chi connectivity index (χ0n) is 17.4. The number of hydrogen-bond acceptors (Lipinski definition) is 6. The molecule has 4 rings (SSSR count). The summed E-state index contributed by atoms with van der Waals surface area (Å²) in [5.74, 6) is -0.365. The van der Waals surface area contributed by atoms with Crippen molar-refractivity contribution < 1.29 is 18.8 Å². The van der Waals surface area contributed by atoms with Crippen LogP contribution in [0.15, 0.2) is 83.4 Å². The normalized spacial score (nSPS) is 10.5. The molecule has 1 aromatic heterocycles. The molecule has 3 aromatic carbocycles. The molecule has 0 spiro atoms. The molecule has 0 atom stereocenters. The topological polar surface area (TPSA) is 94.3 Å². The summed E-state index contributed by atoms with van der Waals surface area (Å²) < 4.78 is 10.2. The van der Waals surface area contributed by atoms with Crippen LogP contribution in [0.3, 0.4) is 0 Å². The van der Waals surface area contributed by atoms with Crippen molar-refractivity contribution >= 4 is 11.9 Å². The quantitative estimate of drug-likeness (QED) is 0.445. The fourth-order valence-electron chi connectivity index (χ4n) is 3.03. The van der Waals surface area contributed by atoms with Gasteiger partial charge in [0.25, 0.3) is 11.8 Å². The number of benzene rings is 3. The van der Waals surface area contributed by atoms with E-state index < -0.39 is 5.97 Å².